The normalized spacial score (nSPS) is 14.0. The fourth-order valence-electron chi connectivity index (χ4n) is 4.39. The first-order chi connectivity index (χ1) is 23.0. The molecular formula is C31H46N4O12S. The van der Waals surface area contributed by atoms with E-state index in [2.05, 4.69) is 16.0 Å². The van der Waals surface area contributed by atoms with Gasteiger partial charge in [-0.15, -0.1) is 0 Å². The number of amides is 5. The van der Waals surface area contributed by atoms with Crippen molar-refractivity contribution in [3.8, 4) is 5.75 Å². The third kappa shape index (κ3) is 15.2. The number of unbranched alkanes of at least 4 members (excludes halogenated alkanes) is 2. The largest absolute Gasteiger partial charge is 0.450 e. The number of aryl methyl sites for hydroxylation is 2. The van der Waals surface area contributed by atoms with Crippen LogP contribution in [0.15, 0.2) is 12.1 Å². The van der Waals surface area contributed by atoms with Gasteiger partial charge in [0, 0.05) is 20.0 Å². The van der Waals surface area contributed by atoms with Gasteiger partial charge in [-0.05, 0) is 68.2 Å². The molecule has 1 aromatic rings. The van der Waals surface area contributed by atoms with Gasteiger partial charge >= 0.3 is 24.2 Å². The fraction of sp³-hybridized carbons (Fsp3) is 0.613. The maximum absolute atomic E-state index is 12.2. The molecule has 0 aliphatic carbocycles. The lowest BCUT2D eigenvalue weighted by Crippen LogP contribution is -2.34. The highest BCUT2D eigenvalue weighted by molar-refractivity contribution is 8.00. The summed E-state index contributed by atoms with van der Waals surface area (Å²) in [5.74, 6) is -0.657. The van der Waals surface area contributed by atoms with Gasteiger partial charge in [0.1, 0.15) is 18.9 Å². The zero-order valence-electron chi connectivity index (χ0n) is 27.9. The molecule has 1 saturated heterocycles. The van der Waals surface area contributed by atoms with E-state index in [4.69, 9.17) is 28.4 Å². The summed E-state index contributed by atoms with van der Waals surface area (Å²) in [4.78, 5) is 72.3. The Bertz CT molecular complexity index is 1220. The van der Waals surface area contributed by atoms with Crippen LogP contribution in [0.25, 0.3) is 0 Å². The van der Waals surface area contributed by atoms with Crippen LogP contribution in [-0.4, -0.2) is 119 Å². The minimum atomic E-state index is -0.758. The fourth-order valence-corrected chi connectivity index (χ4v) is 5.03. The van der Waals surface area contributed by atoms with E-state index < -0.39 is 24.2 Å². The number of hydrogen-bond acceptors (Lipinski definition) is 13. The van der Waals surface area contributed by atoms with E-state index in [1.807, 2.05) is 0 Å². The lowest BCUT2D eigenvalue weighted by molar-refractivity contribution is -0.139. The summed E-state index contributed by atoms with van der Waals surface area (Å²) in [6, 6.07) is 3.48. The molecule has 0 bridgehead atoms. The summed E-state index contributed by atoms with van der Waals surface area (Å²) < 4.78 is 31.4. The molecule has 1 aliphatic heterocycles. The van der Waals surface area contributed by atoms with Crippen molar-refractivity contribution >= 4 is 47.8 Å². The van der Waals surface area contributed by atoms with Crippen LogP contribution in [0.3, 0.4) is 0 Å². The van der Waals surface area contributed by atoms with Gasteiger partial charge in [-0.25, -0.2) is 19.2 Å². The Morgan fingerprint density at radius 3 is 2.06 bits per heavy atom. The van der Waals surface area contributed by atoms with Gasteiger partial charge in [-0.2, -0.15) is 11.8 Å². The summed E-state index contributed by atoms with van der Waals surface area (Å²) in [5, 5.41) is 6.98. The number of likely N-dealkylation sites (tertiary alicyclic amines) is 1. The van der Waals surface area contributed by atoms with E-state index in [9.17, 15) is 28.8 Å². The molecule has 1 aliphatic rings. The van der Waals surface area contributed by atoms with Crippen molar-refractivity contribution in [3.05, 3.63) is 28.8 Å². The van der Waals surface area contributed by atoms with Crippen LogP contribution in [0.1, 0.15) is 42.4 Å². The SMILES string of the molecule is CNC(=O)OCc1cc(C)c(OC(=O)CNC(=O)OCCCCCOC(=O)NCCOCCOCCN2C(=O)CC(SC)C2=O)c(C)c1. The maximum Gasteiger partial charge on any atom is 0.407 e. The number of hydrogen-bond donors (Lipinski definition) is 3. The number of alkyl carbamates (subject to hydrolysis) is 3. The number of ether oxygens (including phenoxy) is 6. The van der Waals surface area contributed by atoms with Crippen molar-refractivity contribution in [1.29, 1.82) is 0 Å². The van der Waals surface area contributed by atoms with E-state index in [1.54, 1.807) is 32.2 Å². The molecule has 0 aromatic heterocycles. The van der Waals surface area contributed by atoms with Crippen LogP contribution in [0.2, 0.25) is 0 Å². The van der Waals surface area contributed by atoms with Crippen LogP contribution in [0.4, 0.5) is 14.4 Å². The van der Waals surface area contributed by atoms with Crippen molar-refractivity contribution in [3.63, 3.8) is 0 Å². The highest BCUT2D eigenvalue weighted by Crippen LogP contribution is 2.25. The van der Waals surface area contributed by atoms with E-state index >= 15 is 0 Å². The Hall–Kier alpha value is -4.09. The first-order valence-electron chi connectivity index (χ1n) is 15.5. The van der Waals surface area contributed by atoms with Crippen molar-refractivity contribution in [1.82, 2.24) is 20.9 Å². The van der Waals surface area contributed by atoms with Gasteiger partial charge in [0.25, 0.3) is 0 Å². The van der Waals surface area contributed by atoms with Crippen LogP contribution in [0.5, 0.6) is 5.75 Å². The number of carbonyl (C=O) groups is 6. The molecule has 268 valence electrons. The molecule has 48 heavy (non-hydrogen) atoms. The van der Waals surface area contributed by atoms with Crippen LogP contribution < -0.4 is 20.7 Å². The summed E-state index contributed by atoms with van der Waals surface area (Å²) in [7, 11) is 1.46. The molecule has 17 heteroatoms. The quantitative estimate of drug-likeness (QED) is 0.0556. The molecule has 5 amide bonds. The first kappa shape index (κ1) is 40.1. The summed E-state index contributed by atoms with van der Waals surface area (Å²) in [5.41, 5.74) is 2.08. The standard InChI is InChI=1S/C31H46N4O12S/c1-21-16-23(20-46-29(39)32-3)17-22(2)27(21)47-26(37)19-34-31(41)45-11-7-5-6-10-44-30(40)33-8-12-42-14-15-43-13-9-35-25(36)18-24(48-4)28(35)38/h16-17,24H,5-15,18-20H2,1-4H3,(H,32,39)(H,33,40)(H,34,41). The van der Waals surface area contributed by atoms with Crippen molar-refractivity contribution in [2.24, 2.45) is 0 Å². The Morgan fingerprint density at radius 1 is 0.833 bits per heavy atom. The molecule has 1 fully saturated rings. The molecule has 0 spiro atoms. The molecule has 3 N–H and O–H groups in total. The average Bonchev–Trinajstić information content (AvgIpc) is 3.34. The zero-order chi connectivity index (χ0) is 35.3. The molecule has 1 heterocycles. The Kier molecular flexibility index (Phi) is 18.8. The minimum absolute atomic E-state index is 0.0674. The number of nitrogens with zero attached hydrogens (tertiary/aromatic N) is 1. The van der Waals surface area contributed by atoms with Gasteiger partial charge in [-0.3, -0.25) is 14.5 Å². The number of imide groups is 1. The molecule has 1 atom stereocenters. The van der Waals surface area contributed by atoms with Crippen LogP contribution in [-0.2, 0) is 44.7 Å². The average molecular weight is 699 g/mol. The Balaban J connectivity index is 1.42. The second-order valence-electron chi connectivity index (χ2n) is 10.5. The number of thioether (sulfide) groups is 1. The van der Waals surface area contributed by atoms with Crippen LogP contribution >= 0.6 is 11.8 Å². The molecule has 1 unspecified atom stereocenters. The topological polar surface area (TPSA) is 197 Å². The predicted octanol–water partition coefficient (Wildman–Crippen LogP) is 2.21. The highest BCUT2D eigenvalue weighted by Gasteiger charge is 2.37. The lowest BCUT2D eigenvalue weighted by atomic mass is 10.1. The summed E-state index contributed by atoms with van der Waals surface area (Å²) in [6.07, 6.45) is 1.91. The van der Waals surface area contributed by atoms with Gasteiger partial charge in [0.05, 0.1) is 51.4 Å². The van der Waals surface area contributed by atoms with E-state index in [0.29, 0.717) is 49.4 Å². The second kappa shape index (κ2) is 22.5. The molecular weight excluding hydrogens is 652 g/mol. The maximum atomic E-state index is 12.2. The Morgan fingerprint density at radius 2 is 1.46 bits per heavy atom. The minimum Gasteiger partial charge on any atom is -0.450 e. The number of esters is 1. The molecule has 2 rings (SSSR count). The van der Waals surface area contributed by atoms with Crippen molar-refractivity contribution < 1.29 is 57.2 Å². The summed E-state index contributed by atoms with van der Waals surface area (Å²) in [6.45, 7) is 5.07. The van der Waals surface area contributed by atoms with Crippen molar-refractivity contribution in [2.75, 3.05) is 72.6 Å². The van der Waals surface area contributed by atoms with Crippen molar-refractivity contribution in [2.45, 2.75) is 51.4 Å². The molecule has 0 saturated carbocycles. The predicted molar refractivity (Wildman–Crippen MR) is 174 cm³/mol. The van der Waals surface area contributed by atoms with E-state index in [-0.39, 0.29) is 76.2 Å². The van der Waals surface area contributed by atoms with Gasteiger partial charge in [0.15, 0.2) is 0 Å². The third-order valence-electron chi connectivity index (χ3n) is 6.78. The van der Waals surface area contributed by atoms with Gasteiger partial charge in [0.2, 0.25) is 11.8 Å². The number of carbonyl (C=O) groups excluding carboxylic acids is 6. The number of benzene rings is 1. The smallest absolute Gasteiger partial charge is 0.407 e. The second-order valence-corrected chi connectivity index (χ2v) is 11.5. The highest BCUT2D eigenvalue weighted by atomic mass is 32.2. The zero-order valence-corrected chi connectivity index (χ0v) is 28.7. The van der Waals surface area contributed by atoms with E-state index in [1.165, 1.54) is 23.7 Å². The van der Waals surface area contributed by atoms with Gasteiger partial charge < -0.3 is 44.4 Å². The lowest BCUT2D eigenvalue weighted by Gasteiger charge is -2.14. The first-order valence-corrected chi connectivity index (χ1v) is 16.8. The third-order valence-corrected chi connectivity index (χ3v) is 7.71. The van der Waals surface area contributed by atoms with Crippen LogP contribution in [0, 0.1) is 13.8 Å². The Labute approximate surface area is 284 Å². The monoisotopic (exact) mass is 698 g/mol. The van der Waals surface area contributed by atoms with Gasteiger partial charge in [-0.1, -0.05) is 0 Å². The molecule has 1 aromatic carbocycles. The van der Waals surface area contributed by atoms with E-state index in [0.717, 1.165) is 5.56 Å². The molecule has 0 radical (unpaired) electrons. The molecule has 16 nitrogen and oxygen atoms in total. The number of rotatable bonds is 21. The summed E-state index contributed by atoms with van der Waals surface area (Å²) >= 11 is 1.37. The number of nitrogens with one attached hydrogen (secondary N) is 3.